The zero-order valence-electron chi connectivity index (χ0n) is 10.3. The summed E-state index contributed by atoms with van der Waals surface area (Å²) in [4.78, 5) is 10.6. The van der Waals surface area contributed by atoms with Gasteiger partial charge in [0.25, 0.3) is 0 Å². The van der Waals surface area contributed by atoms with Crippen molar-refractivity contribution in [3.63, 3.8) is 0 Å². The average Bonchev–Trinajstić information content (AvgIpc) is 2.34. The Morgan fingerprint density at radius 1 is 1.11 bits per heavy atom. The van der Waals surface area contributed by atoms with E-state index < -0.39 is 5.97 Å². The van der Waals surface area contributed by atoms with Crippen molar-refractivity contribution in [3.05, 3.63) is 48.0 Å². The van der Waals surface area contributed by atoms with Crippen LogP contribution in [-0.4, -0.2) is 11.1 Å². The Morgan fingerprint density at radius 2 is 1.79 bits per heavy atom. The minimum absolute atomic E-state index is 0.0181. The number of hydrogen-bond acceptors (Lipinski definition) is 4. The lowest BCUT2D eigenvalue weighted by Gasteiger charge is -2.10. The van der Waals surface area contributed by atoms with Crippen LogP contribution in [0.15, 0.2) is 42.5 Å². The van der Waals surface area contributed by atoms with Crippen LogP contribution in [0.4, 0.5) is 22.7 Å². The number of nitrogens with two attached hydrogens (primary N) is 2. The quantitative estimate of drug-likeness (QED) is 0.629. The molecule has 2 aromatic rings. The van der Waals surface area contributed by atoms with Crippen LogP contribution >= 0.6 is 0 Å². The number of carboxylic acids is 1. The molecular weight excluding hydrogens is 242 g/mol. The minimum Gasteiger partial charge on any atom is -0.481 e. The molecule has 19 heavy (non-hydrogen) atoms. The van der Waals surface area contributed by atoms with Gasteiger partial charge in [-0.1, -0.05) is 12.1 Å². The van der Waals surface area contributed by atoms with Gasteiger partial charge in [0.15, 0.2) is 0 Å². The standard InChI is InChI=1S/C14H15N3O2/c15-10-3-6-13(12(16)8-10)17-11-4-1-9(2-5-11)7-14(18)19/h1-6,8,17H,7,15-16H2,(H,18,19). The van der Waals surface area contributed by atoms with Crippen molar-refractivity contribution >= 4 is 28.7 Å². The summed E-state index contributed by atoms with van der Waals surface area (Å²) in [7, 11) is 0. The molecule has 0 saturated heterocycles. The second-order valence-electron chi connectivity index (χ2n) is 4.24. The number of benzene rings is 2. The molecule has 5 heteroatoms. The fraction of sp³-hybridized carbons (Fsp3) is 0.0714. The Morgan fingerprint density at radius 3 is 2.37 bits per heavy atom. The number of hydrogen-bond donors (Lipinski definition) is 4. The van der Waals surface area contributed by atoms with Gasteiger partial charge in [-0.15, -0.1) is 0 Å². The van der Waals surface area contributed by atoms with Gasteiger partial charge in [-0.2, -0.15) is 0 Å². The molecule has 0 amide bonds. The van der Waals surface area contributed by atoms with Crippen LogP contribution in [0.25, 0.3) is 0 Å². The monoisotopic (exact) mass is 257 g/mol. The normalized spacial score (nSPS) is 10.1. The van der Waals surface area contributed by atoms with Crippen LogP contribution in [0, 0.1) is 0 Å². The summed E-state index contributed by atoms with van der Waals surface area (Å²) in [6.07, 6.45) is 0.0181. The highest BCUT2D eigenvalue weighted by molar-refractivity contribution is 5.76. The molecule has 0 bridgehead atoms. The lowest BCUT2D eigenvalue weighted by atomic mass is 10.1. The first-order chi connectivity index (χ1) is 9.04. The SMILES string of the molecule is Nc1ccc(Nc2ccc(CC(=O)O)cc2)c(N)c1. The van der Waals surface area contributed by atoms with E-state index in [1.54, 1.807) is 30.3 Å². The molecule has 6 N–H and O–H groups in total. The van der Waals surface area contributed by atoms with Crippen molar-refractivity contribution in [1.29, 1.82) is 0 Å². The van der Waals surface area contributed by atoms with Crippen LogP contribution in [0.2, 0.25) is 0 Å². The van der Waals surface area contributed by atoms with E-state index in [0.717, 1.165) is 16.9 Å². The van der Waals surface area contributed by atoms with E-state index in [2.05, 4.69) is 5.32 Å². The molecule has 0 saturated carbocycles. The van der Waals surface area contributed by atoms with E-state index in [1.165, 1.54) is 0 Å². The van der Waals surface area contributed by atoms with Crippen molar-refractivity contribution in [2.24, 2.45) is 0 Å². The lowest BCUT2D eigenvalue weighted by molar-refractivity contribution is -0.136. The van der Waals surface area contributed by atoms with Crippen molar-refractivity contribution in [1.82, 2.24) is 0 Å². The van der Waals surface area contributed by atoms with Crippen molar-refractivity contribution in [2.75, 3.05) is 16.8 Å². The number of carbonyl (C=O) groups is 1. The topological polar surface area (TPSA) is 101 Å². The smallest absolute Gasteiger partial charge is 0.307 e. The molecule has 0 unspecified atom stereocenters. The summed E-state index contributed by atoms with van der Waals surface area (Å²) in [5.74, 6) is -0.844. The number of anilines is 4. The van der Waals surface area contributed by atoms with Crippen LogP contribution in [0.1, 0.15) is 5.56 Å². The maximum Gasteiger partial charge on any atom is 0.307 e. The second kappa shape index (κ2) is 5.30. The molecule has 0 atom stereocenters. The van der Waals surface area contributed by atoms with Crippen molar-refractivity contribution in [3.8, 4) is 0 Å². The third kappa shape index (κ3) is 3.38. The van der Waals surface area contributed by atoms with E-state index in [0.29, 0.717) is 11.4 Å². The highest BCUT2D eigenvalue weighted by Gasteiger charge is 2.02. The molecule has 0 aromatic heterocycles. The van der Waals surface area contributed by atoms with Gasteiger partial charge in [-0.3, -0.25) is 4.79 Å². The van der Waals surface area contributed by atoms with Crippen LogP contribution < -0.4 is 16.8 Å². The Balaban J connectivity index is 2.13. The van der Waals surface area contributed by atoms with E-state index in [4.69, 9.17) is 16.6 Å². The second-order valence-corrected chi connectivity index (χ2v) is 4.24. The average molecular weight is 257 g/mol. The summed E-state index contributed by atoms with van der Waals surface area (Å²) in [6, 6.07) is 12.4. The molecule has 0 aliphatic rings. The molecule has 0 heterocycles. The van der Waals surface area contributed by atoms with Gasteiger partial charge in [0.2, 0.25) is 0 Å². The molecule has 0 aliphatic heterocycles. The number of nitrogens with one attached hydrogen (secondary N) is 1. The first kappa shape index (κ1) is 12.8. The first-order valence-corrected chi connectivity index (χ1v) is 5.77. The van der Waals surface area contributed by atoms with E-state index in [9.17, 15) is 4.79 Å². The molecule has 2 rings (SSSR count). The van der Waals surface area contributed by atoms with Gasteiger partial charge in [0.1, 0.15) is 0 Å². The molecule has 0 radical (unpaired) electrons. The Hall–Kier alpha value is -2.69. The van der Waals surface area contributed by atoms with E-state index in [-0.39, 0.29) is 6.42 Å². The fourth-order valence-corrected chi connectivity index (χ4v) is 1.73. The van der Waals surface area contributed by atoms with Crippen LogP contribution in [0.5, 0.6) is 0 Å². The number of aliphatic carboxylic acids is 1. The maximum atomic E-state index is 10.6. The summed E-state index contributed by atoms with van der Waals surface area (Å²) >= 11 is 0. The predicted molar refractivity (Wildman–Crippen MR) is 76.3 cm³/mol. The van der Waals surface area contributed by atoms with Gasteiger partial charge >= 0.3 is 5.97 Å². The predicted octanol–water partition coefficient (Wildman–Crippen LogP) is 2.22. The summed E-state index contributed by atoms with van der Waals surface area (Å²) in [5, 5.41) is 11.8. The Bertz CT molecular complexity index is 594. The van der Waals surface area contributed by atoms with Crippen molar-refractivity contribution in [2.45, 2.75) is 6.42 Å². The summed E-state index contributed by atoms with van der Waals surface area (Å²) < 4.78 is 0. The zero-order chi connectivity index (χ0) is 13.8. The largest absolute Gasteiger partial charge is 0.481 e. The molecule has 0 spiro atoms. The van der Waals surface area contributed by atoms with Gasteiger partial charge in [0.05, 0.1) is 17.8 Å². The molecule has 5 nitrogen and oxygen atoms in total. The van der Waals surface area contributed by atoms with Gasteiger partial charge in [-0.05, 0) is 35.9 Å². The third-order valence-electron chi connectivity index (χ3n) is 2.66. The van der Waals surface area contributed by atoms with Gasteiger partial charge in [0, 0.05) is 11.4 Å². The number of carboxylic acid groups (broad SMARTS) is 1. The summed E-state index contributed by atoms with van der Waals surface area (Å²) in [6.45, 7) is 0. The zero-order valence-corrected chi connectivity index (χ0v) is 10.3. The molecule has 0 aliphatic carbocycles. The van der Waals surface area contributed by atoms with Gasteiger partial charge in [-0.25, -0.2) is 0 Å². The highest BCUT2D eigenvalue weighted by atomic mass is 16.4. The highest BCUT2D eigenvalue weighted by Crippen LogP contribution is 2.25. The fourth-order valence-electron chi connectivity index (χ4n) is 1.73. The van der Waals surface area contributed by atoms with Crippen LogP contribution in [0.3, 0.4) is 0 Å². The molecule has 2 aromatic carbocycles. The lowest BCUT2D eigenvalue weighted by Crippen LogP contribution is -2.00. The summed E-state index contributed by atoms with van der Waals surface area (Å²) in [5.41, 5.74) is 15.0. The van der Waals surface area contributed by atoms with E-state index in [1.807, 2.05) is 12.1 Å². The number of rotatable bonds is 4. The molecular formula is C14H15N3O2. The molecule has 98 valence electrons. The van der Waals surface area contributed by atoms with Crippen LogP contribution in [-0.2, 0) is 11.2 Å². The Labute approximate surface area is 110 Å². The van der Waals surface area contributed by atoms with Gasteiger partial charge < -0.3 is 21.9 Å². The van der Waals surface area contributed by atoms with Crippen molar-refractivity contribution < 1.29 is 9.90 Å². The minimum atomic E-state index is -0.844. The third-order valence-corrected chi connectivity index (χ3v) is 2.66. The Kier molecular flexibility index (Phi) is 3.56. The first-order valence-electron chi connectivity index (χ1n) is 5.77. The number of nitrogen functional groups attached to an aromatic ring is 2. The maximum absolute atomic E-state index is 10.6. The van der Waals surface area contributed by atoms with E-state index >= 15 is 0 Å². The molecule has 0 fully saturated rings.